The zero-order valence-corrected chi connectivity index (χ0v) is 13.2. The Balaban J connectivity index is 1.97. The second-order valence-electron chi connectivity index (χ2n) is 6.23. The summed E-state index contributed by atoms with van der Waals surface area (Å²) in [5.74, 6) is 0.439. The van der Waals surface area contributed by atoms with Crippen molar-refractivity contribution in [1.82, 2.24) is 10.6 Å². The van der Waals surface area contributed by atoms with Gasteiger partial charge >= 0.3 is 0 Å². The van der Waals surface area contributed by atoms with Crippen LogP contribution in [0.2, 0.25) is 0 Å². The van der Waals surface area contributed by atoms with Crippen LogP contribution in [0, 0.1) is 0 Å². The molecule has 118 valence electrons. The molecule has 2 aliphatic rings. The number of benzene rings is 1. The number of hydrogen-bond donors (Lipinski definition) is 2. The molecule has 5 heteroatoms. The molecule has 1 heterocycles. The third kappa shape index (κ3) is 2.45. The maximum absolute atomic E-state index is 12.4. The summed E-state index contributed by atoms with van der Waals surface area (Å²) in [6, 6.07) is 3.78. The van der Waals surface area contributed by atoms with Gasteiger partial charge in [0.15, 0.2) is 0 Å². The van der Waals surface area contributed by atoms with E-state index in [1.54, 1.807) is 13.1 Å². The Hall–Kier alpha value is -2.04. The average molecular weight is 302 g/mol. The van der Waals surface area contributed by atoms with Crippen LogP contribution in [0.3, 0.4) is 0 Å². The number of ether oxygens (including phenoxy) is 1. The maximum Gasteiger partial charge on any atom is 0.254 e. The van der Waals surface area contributed by atoms with Gasteiger partial charge in [-0.25, -0.2) is 0 Å². The minimum absolute atomic E-state index is 0.00310. The van der Waals surface area contributed by atoms with E-state index in [-0.39, 0.29) is 29.9 Å². The Kier molecular flexibility index (Phi) is 3.81. The summed E-state index contributed by atoms with van der Waals surface area (Å²) in [5.41, 5.74) is 1.91. The summed E-state index contributed by atoms with van der Waals surface area (Å²) in [6.45, 7) is 4.03. The van der Waals surface area contributed by atoms with Crippen molar-refractivity contribution >= 4 is 11.8 Å². The SMILES string of the molecule is CNC(=O)c1cc(C(=O)NC2CCC2)cc2c1OC(C)C2C. The van der Waals surface area contributed by atoms with Crippen LogP contribution in [-0.4, -0.2) is 31.0 Å². The lowest BCUT2D eigenvalue weighted by Gasteiger charge is -2.26. The van der Waals surface area contributed by atoms with Gasteiger partial charge in [-0.2, -0.15) is 0 Å². The number of carbonyl (C=O) groups excluding carboxylic acids is 2. The molecule has 3 rings (SSSR count). The van der Waals surface area contributed by atoms with E-state index in [0.717, 1.165) is 18.4 Å². The van der Waals surface area contributed by atoms with Crippen molar-refractivity contribution in [3.8, 4) is 5.75 Å². The van der Waals surface area contributed by atoms with Crippen LogP contribution in [0.5, 0.6) is 5.75 Å². The van der Waals surface area contributed by atoms with E-state index in [1.165, 1.54) is 6.42 Å². The maximum atomic E-state index is 12.4. The quantitative estimate of drug-likeness (QED) is 0.899. The highest BCUT2D eigenvalue weighted by Gasteiger charge is 2.33. The summed E-state index contributed by atoms with van der Waals surface area (Å²) in [6.07, 6.45) is 3.25. The number of fused-ring (bicyclic) bond motifs is 1. The fourth-order valence-corrected chi connectivity index (χ4v) is 2.92. The Bertz CT molecular complexity index is 623. The molecule has 0 radical (unpaired) electrons. The number of carbonyl (C=O) groups is 2. The molecule has 1 aliphatic heterocycles. The standard InChI is InChI=1S/C17H22N2O3/c1-9-10(2)22-15-13(9)7-11(8-14(15)17(21)18-3)16(20)19-12-5-4-6-12/h7-10,12H,4-6H2,1-3H3,(H,18,21)(H,19,20). The molecule has 1 aliphatic carbocycles. The van der Waals surface area contributed by atoms with E-state index in [2.05, 4.69) is 17.6 Å². The van der Waals surface area contributed by atoms with Crippen LogP contribution in [-0.2, 0) is 0 Å². The summed E-state index contributed by atoms with van der Waals surface area (Å²) >= 11 is 0. The molecule has 2 atom stereocenters. The highest BCUT2D eigenvalue weighted by Crippen LogP contribution is 2.41. The second kappa shape index (κ2) is 5.63. The van der Waals surface area contributed by atoms with Gasteiger partial charge in [0, 0.05) is 30.1 Å². The number of rotatable bonds is 3. The van der Waals surface area contributed by atoms with Crippen molar-refractivity contribution in [2.45, 2.75) is 51.2 Å². The topological polar surface area (TPSA) is 67.4 Å². The van der Waals surface area contributed by atoms with Crippen LogP contribution in [0.15, 0.2) is 12.1 Å². The van der Waals surface area contributed by atoms with Gasteiger partial charge in [0.2, 0.25) is 0 Å². The summed E-state index contributed by atoms with van der Waals surface area (Å²) in [7, 11) is 1.58. The van der Waals surface area contributed by atoms with Crippen molar-refractivity contribution in [2.75, 3.05) is 7.05 Å². The van der Waals surface area contributed by atoms with Crippen molar-refractivity contribution in [3.63, 3.8) is 0 Å². The van der Waals surface area contributed by atoms with Gasteiger partial charge in [0.05, 0.1) is 5.56 Å². The van der Waals surface area contributed by atoms with Crippen molar-refractivity contribution in [1.29, 1.82) is 0 Å². The molecule has 2 unspecified atom stereocenters. The smallest absolute Gasteiger partial charge is 0.254 e. The lowest BCUT2D eigenvalue weighted by atomic mass is 9.91. The molecule has 0 spiro atoms. The third-order valence-corrected chi connectivity index (χ3v) is 4.79. The van der Waals surface area contributed by atoms with Gasteiger partial charge in [-0.15, -0.1) is 0 Å². The van der Waals surface area contributed by atoms with E-state index < -0.39 is 0 Å². The summed E-state index contributed by atoms with van der Waals surface area (Å²) in [4.78, 5) is 24.5. The van der Waals surface area contributed by atoms with E-state index in [1.807, 2.05) is 13.0 Å². The highest BCUT2D eigenvalue weighted by molar-refractivity contribution is 6.02. The van der Waals surface area contributed by atoms with E-state index in [9.17, 15) is 9.59 Å². The highest BCUT2D eigenvalue weighted by atomic mass is 16.5. The number of amides is 2. The molecule has 22 heavy (non-hydrogen) atoms. The zero-order chi connectivity index (χ0) is 15.9. The predicted octanol–water partition coefficient (Wildman–Crippen LogP) is 2.21. The largest absolute Gasteiger partial charge is 0.489 e. The van der Waals surface area contributed by atoms with Crippen LogP contribution < -0.4 is 15.4 Å². The molecule has 0 saturated heterocycles. The van der Waals surface area contributed by atoms with Gasteiger partial charge in [0.1, 0.15) is 11.9 Å². The van der Waals surface area contributed by atoms with Gasteiger partial charge in [-0.05, 0) is 38.3 Å². The first kappa shape index (κ1) is 14.9. The minimum atomic E-state index is -0.226. The molecule has 1 aromatic rings. The molecule has 2 N–H and O–H groups in total. The van der Waals surface area contributed by atoms with Gasteiger partial charge in [-0.3, -0.25) is 9.59 Å². The molecule has 2 amide bonds. The lowest BCUT2D eigenvalue weighted by Crippen LogP contribution is -2.39. The summed E-state index contributed by atoms with van der Waals surface area (Å²) < 4.78 is 5.83. The van der Waals surface area contributed by atoms with Crippen LogP contribution in [0.25, 0.3) is 0 Å². The Morgan fingerprint density at radius 1 is 1.18 bits per heavy atom. The predicted molar refractivity (Wildman–Crippen MR) is 83.4 cm³/mol. The normalized spacial score (nSPS) is 23.2. The average Bonchev–Trinajstić information content (AvgIpc) is 2.76. The van der Waals surface area contributed by atoms with Gasteiger partial charge < -0.3 is 15.4 Å². The summed E-state index contributed by atoms with van der Waals surface area (Å²) in [5, 5.41) is 5.64. The van der Waals surface area contributed by atoms with Crippen LogP contribution in [0.4, 0.5) is 0 Å². The molecule has 1 saturated carbocycles. The minimum Gasteiger partial charge on any atom is -0.489 e. The Labute approximate surface area is 130 Å². The van der Waals surface area contributed by atoms with Gasteiger partial charge in [0.25, 0.3) is 11.8 Å². The van der Waals surface area contributed by atoms with E-state index in [0.29, 0.717) is 16.9 Å². The fourth-order valence-electron chi connectivity index (χ4n) is 2.92. The number of hydrogen-bond acceptors (Lipinski definition) is 3. The monoisotopic (exact) mass is 302 g/mol. The van der Waals surface area contributed by atoms with Gasteiger partial charge in [-0.1, -0.05) is 6.92 Å². The van der Waals surface area contributed by atoms with Crippen LogP contribution >= 0.6 is 0 Å². The molecule has 1 fully saturated rings. The van der Waals surface area contributed by atoms with Crippen molar-refractivity contribution in [3.05, 3.63) is 28.8 Å². The molecule has 5 nitrogen and oxygen atoms in total. The van der Waals surface area contributed by atoms with Crippen molar-refractivity contribution in [2.24, 2.45) is 0 Å². The van der Waals surface area contributed by atoms with Crippen molar-refractivity contribution < 1.29 is 14.3 Å². The molecule has 1 aromatic carbocycles. The first-order valence-corrected chi connectivity index (χ1v) is 7.88. The molecule has 0 bridgehead atoms. The van der Waals surface area contributed by atoms with Crippen LogP contribution in [0.1, 0.15) is 65.3 Å². The number of nitrogens with one attached hydrogen (secondary N) is 2. The first-order chi connectivity index (χ1) is 10.5. The van der Waals surface area contributed by atoms with E-state index >= 15 is 0 Å². The Morgan fingerprint density at radius 3 is 2.50 bits per heavy atom. The zero-order valence-electron chi connectivity index (χ0n) is 13.2. The fraction of sp³-hybridized carbons (Fsp3) is 0.529. The lowest BCUT2D eigenvalue weighted by molar-refractivity contribution is 0.0917. The molecule has 0 aromatic heterocycles. The Morgan fingerprint density at radius 2 is 1.91 bits per heavy atom. The first-order valence-electron chi connectivity index (χ1n) is 7.88. The molecular formula is C17H22N2O3. The van der Waals surface area contributed by atoms with E-state index in [4.69, 9.17) is 4.74 Å². The third-order valence-electron chi connectivity index (χ3n) is 4.79. The second-order valence-corrected chi connectivity index (χ2v) is 6.23. The molecular weight excluding hydrogens is 280 g/mol.